The van der Waals surface area contributed by atoms with Gasteiger partial charge in [0.05, 0.1) is 17.6 Å². The summed E-state index contributed by atoms with van der Waals surface area (Å²) in [4.78, 5) is 12.1. The molecule has 0 aliphatic rings. The smallest absolute Gasteiger partial charge is 0.310 e. The van der Waals surface area contributed by atoms with Crippen LogP contribution < -0.4 is 9.88 Å². The van der Waals surface area contributed by atoms with Crippen LogP contribution in [0.3, 0.4) is 0 Å². The number of esters is 1. The van der Waals surface area contributed by atoms with Crippen LogP contribution in [0.25, 0.3) is 11.0 Å². The van der Waals surface area contributed by atoms with Crippen molar-refractivity contribution >= 4 is 27.0 Å². The Morgan fingerprint density at radius 1 is 1.07 bits per heavy atom. The summed E-state index contributed by atoms with van der Waals surface area (Å²) in [6.45, 7) is 4.21. The van der Waals surface area contributed by atoms with Crippen molar-refractivity contribution in [1.82, 2.24) is 0 Å². The molecule has 0 spiro atoms. The standard InChI is InChI=1S/C20H21NO6S/c1-13-3-8-18-15(12-27-20(18)14(13)2)11-19(22)26-10-9-25-16-4-6-17(7-5-16)28(21,23)24/h3-8,12H,9-11H2,1-2H3,(H2,21,23,24). The highest BCUT2D eigenvalue weighted by molar-refractivity contribution is 7.89. The van der Waals surface area contributed by atoms with Crippen LogP contribution in [-0.4, -0.2) is 27.6 Å². The summed E-state index contributed by atoms with van der Waals surface area (Å²) in [6.07, 6.45) is 1.69. The van der Waals surface area contributed by atoms with E-state index in [1.807, 2.05) is 26.0 Å². The summed E-state index contributed by atoms with van der Waals surface area (Å²) >= 11 is 0. The summed E-state index contributed by atoms with van der Waals surface area (Å²) in [5, 5.41) is 5.94. The minimum absolute atomic E-state index is 0.00375. The zero-order valence-electron chi connectivity index (χ0n) is 15.6. The predicted molar refractivity (Wildman–Crippen MR) is 104 cm³/mol. The molecule has 0 bridgehead atoms. The van der Waals surface area contributed by atoms with Crippen molar-refractivity contribution < 1.29 is 27.1 Å². The molecular weight excluding hydrogens is 382 g/mol. The van der Waals surface area contributed by atoms with Crippen molar-refractivity contribution in [3.63, 3.8) is 0 Å². The van der Waals surface area contributed by atoms with E-state index in [2.05, 4.69) is 0 Å². The monoisotopic (exact) mass is 403 g/mol. The fourth-order valence-electron chi connectivity index (χ4n) is 2.77. The highest BCUT2D eigenvalue weighted by Crippen LogP contribution is 2.26. The van der Waals surface area contributed by atoms with Gasteiger partial charge in [-0.1, -0.05) is 12.1 Å². The van der Waals surface area contributed by atoms with E-state index >= 15 is 0 Å². The van der Waals surface area contributed by atoms with Gasteiger partial charge < -0.3 is 13.9 Å². The van der Waals surface area contributed by atoms with Crippen molar-refractivity contribution in [2.75, 3.05) is 13.2 Å². The first kappa shape index (κ1) is 19.9. The van der Waals surface area contributed by atoms with E-state index in [1.165, 1.54) is 24.3 Å². The normalized spacial score (nSPS) is 11.5. The lowest BCUT2D eigenvalue weighted by molar-refractivity contribution is -0.143. The van der Waals surface area contributed by atoms with Gasteiger partial charge in [-0.05, 0) is 49.2 Å². The molecule has 0 saturated heterocycles. The molecule has 3 aromatic rings. The van der Waals surface area contributed by atoms with Crippen molar-refractivity contribution in [3.8, 4) is 5.75 Å². The molecule has 148 valence electrons. The summed E-state index contributed by atoms with van der Waals surface area (Å²) in [6, 6.07) is 9.62. The first-order valence-corrected chi connectivity index (χ1v) is 10.2. The Morgan fingerprint density at radius 2 is 1.79 bits per heavy atom. The van der Waals surface area contributed by atoms with Gasteiger partial charge in [0.2, 0.25) is 10.0 Å². The molecule has 0 radical (unpaired) electrons. The maximum absolute atomic E-state index is 12.1. The molecule has 1 aromatic heterocycles. The minimum Gasteiger partial charge on any atom is -0.490 e. The van der Waals surface area contributed by atoms with Crippen molar-refractivity contribution in [3.05, 3.63) is 59.4 Å². The molecule has 0 fully saturated rings. The maximum atomic E-state index is 12.1. The van der Waals surface area contributed by atoms with E-state index in [-0.39, 0.29) is 30.5 Å². The molecule has 0 atom stereocenters. The van der Waals surface area contributed by atoms with Gasteiger partial charge >= 0.3 is 5.97 Å². The Hall–Kier alpha value is -2.84. The van der Waals surface area contributed by atoms with Crippen LogP contribution in [0.15, 0.2) is 52.0 Å². The van der Waals surface area contributed by atoms with Crippen molar-refractivity contribution in [2.24, 2.45) is 5.14 Å². The third-order valence-electron chi connectivity index (χ3n) is 4.44. The van der Waals surface area contributed by atoms with Crippen LogP contribution in [0.4, 0.5) is 0 Å². The summed E-state index contributed by atoms with van der Waals surface area (Å²) < 4.78 is 38.6. The molecule has 2 aromatic carbocycles. The number of nitrogens with two attached hydrogens (primary N) is 1. The number of carbonyl (C=O) groups is 1. The topological polar surface area (TPSA) is 109 Å². The van der Waals surface area contributed by atoms with Gasteiger partial charge in [0.15, 0.2) is 0 Å². The van der Waals surface area contributed by atoms with E-state index < -0.39 is 10.0 Å². The van der Waals surface area contributed by atoms with Crippen LogP contribution in [0, 0.1) is 13.8 Å². The third kappa shape index (κ3) is 4.52. The Labute approximate surface area is 163 Å². The zero-order chi connectivity index (χ0) is 20.3. The van der Waals surface area contributed by atoms with Gasteiger partial charge in [0.1, 0.15) is 24.5 Å². The lowest BCUT2D eigenvalue weighted by Gasteiger charge is -2.08. The average Bonchev–Trinajstić information content (AvgIpc) is 3.05. The number of benzene rings is 2. The molecule has 1 heterocycles. The van der Waals surface area contributed by atoms with Gasteiger partial charge in [-0.15, -0.1) is 0 Å². The van der Waals surface area contributed by atoms with Gasteiger partial charge in [-0.2, -0.15) is 0 Å². The van der Waals surface area contributed by atoms with E-state index in [1.54, 1.807) is 6.26 Å². The van der Waals surface area contributed by atoms with Gasteiger partial charge in [0, 0.05) is 10.9 Å². The number of ether oxygens (including phenoxy) is 2. The van der Waals surface area contributed by atoms with Crippen LogP contribution in [0.2, 0.25) is 0 Å². The molecule has 7 nitrogen and oxygen atoms in total. The number of rotatable bonds is 7. The SMILES string of the molecule is Cc1ccc2c(CC(=O)OCCOc3ccc(S(N)(=O)=O)cc3)coc2c1C. The zero-order valence-corrected chi connectivity index (χ0v) is 16.4. The van der Waals surface area contributed by atoms with E-state index in [4.69, 9.17) is 19.0 Å². The number of hydrogen-bond donors (Lipinski definition) is 1. The molecule has 3 rings (SSSR count). The molecule has 8 heteroatoms. The average molecular weight is 403 g/mol. The largest absolute Gasteiger partial charge is 0.490 e. The molecule has 28 heavy (non-hydrogen) atoms. The molecule has 0 amide bonds. The van der Waals surface area contributed by atoms with E-state index in [9.17, 15) is 13.2 Å². The number of sulfonamides is 1. The first-order chi connectivity index (χ1) is 13.3. The van der Waals surface area contributed by atoms with Crippen LogP contribution >= 0.6 is 0 Å². The number of aryl methyl sites for hydroxylation is 2. The lowest BCUT2D eigenvalue weighted by atomic mass is 10.0. The molecular formula is C20H21NO6S. The quantitative estimate of drug-likeness (QED) is 0.480. The Morgan fingerprint density at radius 3 is 2.46 bits per heavy atom. The third-order valence-corrected chi connectivity index (χ3v) is 5.37. The van der Waals surface area contributed by atoms with Gasteiger partial charge in [0.25, 0.3) is 0 Å². The van der Waals surface area contributed by atoms with Crippen molar-refractivity contribution in [2.45, 2.75) is 25.2 Å². The Kier molecular flexibility index (Phi) is 5.71. The summed E-state index contributed by atoms with van der Waals surface area (Å²) in [7, 11) is -3.73. The Bertz CT molecular complexity index is 1100. The second kappa shape index (κ2) is 8.04. The molecule has 0 saturated carbocycles. The fraction of sp³-hybridized carbons (Fsp3) is 0.250. The lowest BCUT2D eigenvalue weighted by Crippen LogP contribution is -2.14. The van der Waals surface area contributed by atoms with E-state index in [0.717, 1.165) is 27.7 Å². The van der Waals surface area contributed by atoms with Gasteiger partial charge in [-0.25, -0.2) is 13.6 Å². The van der Waals surface area contributed by atoms with E-state index in [0.29, 0.717) is 5.75 Å². The molecule has 0 aliphatic carbocycles. The molecule has 0 unspecified atom stereocenters. The second-order valence-electron chi connectivity index (χ2n) is 6.41. The summed E-state index contributed by atoms with van der Waals surface area (Å²) in [5.41, 5.74) is 3.75. The number of carbonyl (C=O) groups excluding carboxylic acids is 1. The second-order valence-corrected chi connectivity index (χ2v) is 7.97. The number of primary sulfonamides is 1. The van der Waals surface area contributed by atoms with Crippen molar-refractivity contribution in [1.29, 1.82) is 0 Å². The predicted octanol–water partition coefficient (Wildman–Crippen LogP) is 2.86. The van der Waals surface area contributed by atoms with Crippen LogP contribution in [0.1, 0.15) is 16.7 Å². The highest BCUT2D eigenvalue weighted by atomic mass is 32.2. The molecule has 0 aliphatic heterocycles. The summed E-state index contributed by atoms with van der Waals surface area (Å²) in [5.74, 6) is 0.0734. The fourth-order valence-corrected chi connectivity index (χ4v) is 3.29. The van der Waals surface area contributed by atoms with Crippen LogP contribution in [0.5, 0.6) is 5.75 Å². The number of fused-ring (bicyclic) bond motifs is 1. The number of hydrogen-bond acceptors (Lipinski definition) is 6. The number of furan rings is 1. The highest BCUT2D eigenvalue weighted by Gasteiger charge is 2.14. The van der Waals surface area contributed by atoms with Crippen LogP contribution in [-0.2, 0) is 26.0 Å². The van der Waals surface area contributed by atoms with Gasteiger partial charge in [-0.3, -0.25) is 4.79 Å². The maximum Gasteiger partial charge on any atom is 0.310 e. The minimum atomic E-state index is -3.73. The first-order valence-electron chi connectivity index (χ1n) is 8.63. The molecule has 2 N–H and O–H groups in total. The Balaban J connectivity index is 1.49.